The summed E-state index contributed by atoms with van der Waals surface area (Å²) < 4.78 is 16.9. The lowest BCUT2D eigenvalue weighted by atomic mass is 10.0. The van der Waals surface area contributed by atoms with Gasteiger partial charge in [-0.05, 0) is 23.8 Å². The Kier molecular flexibility index (Phi) is 5.53. The monoisotopic (exact) mass is 484 g/mol. The van der Waals surface area contributed by atoms with Gasteiger partial charge in [-0.2, -0.15) is 10.2 Å². The molecule has 2 N–H and O–H groups in total. The van der Waals surface area contributed by atoms with E-state index in [9.17, 15) is 4.39 Å². The van der Waals surface area contributed by atoms with E-state index in [0.717, 1.165) is 59.8 Å². The highest BCUT2D eigenvalue weighted by atomic mass is 19.1. The molecule has 11 heteroatoms. The van der Waals surface area contributed by atoms with Gasteiger partial charge in [0.25, 0.3) is 0 Å². The van der Waals surface area contributed by atoms with Crippen LogP contribution in [0, 0.1) is 5.82 Å². The summed E-state index contributed by atoms with van der Waals surface area (Å²) in [6, 6.07) is 7.87. The minimum atomic E-state index is -0.407. The third-order valence-electron chi connectivity index (χ3n) is 6.53. The van der Waals surface area contributed by atoms with E-state index in [2.05, 4.69) is 41.0 Å². The molecule has 10 nitrogen and oxygen atoms in total. The number of piperazine rings is 1. The highest BCUT2D eigenvalue weighted by Crippen LogP contribution is 2.27. The molecule has 1 aliphatic heterocycles. The van der Waals surface area contributed by atoms with E-state index in [-0.39, 0.29) is 5.82 Å². The molecular formula is C25H25FN10. The molecule has 182 valence electrons. The maximum absolute atomic E-state index is 13.2. The molecule has 0 radical (unpaired) electrons. The summed E-state index contributed by atoms with van der Waals surface area (Å²) in [6.07, 6.45) is 10.9. The SMILES string of the molecule is Cn1cc(-c2cc3c(N4CCN(c5ncc(C(N)c6ccc(F)cc6)cn5)CC4)ncnn3c2)cn1. The summed E-state index contributed by atoms with van der Waals surface area (Å²) in [5.74, 6) is 1.28. The molecular weight excluding hydrogens is 459 g/mol. The van der Waals surface area contributed by atoms with E-state index in [1.54, 1.807) is 35.5 Å². The second-order valence-electron chi connectivity index (χ2n) is 8.86. The summed E-state index contributed by atoms with van der Waals surface area (Å²) in [6.45, 7) is 3.08. The van der Waals surface area contributed by atoms with Gasteiger partial charge in [0.2, 0.25) is 5.95 Å². The van der Waals surface area contributed by atoms with Crippen molar-refractivity contribution >= 4 is 17.3 Å². The topological polar surface area (TPSA) is 106 Å². The maximum atomic E-state index is 13.2. The molecule has 0 spiro atoms. The van der Waals surface area contributed by atoms with Gasteiger partial charge in [-0.3, -0.25) is 4.68 Å². The Morgan fingerprint density at radius 1 is 0.833 bits per heavy atom. The van der Waals surface area contributed by atoms with Crippen molar-refractivity contribution in [3.05, 3.63) is 84.6 Å². The van der Waals surface area contributed by atoms with Crippen molar-refractivity contribution in [2.45, 2.75) is 6.04 Å². The average Bonchev–Trinajstić information content (AvgIpc) is 3.55. The first-order valence-corrected chi connectivity index (χ1v) is 11.7. The van der Waals surface area contributed by atoms with E-state index < -0.39 is 6.04 Å². The lowest BCUT2D eigenvalue weighted by Crippen LogP contribution is -2.47. The fourth-order valence-electron chi connectivity index (χ4n) is 4.52. The predicted molar refractivity (Wildman–Crippen MR) is 134 cm³/mol. The van der Waals surface area contributed by atoms with Crippen molar-refractivity contribution in [2.75, 3.05) is 36.0 Å². The summed E-state index contributed by atoms with van der Waals surface area (Å²) in [5.41, 5.74) is 11.0. The van der Waals surface area contributed by atoms with Crippen LogP contribution < -0.4 is 15.5 Å². The zero-order valence-corrected chi connectivity index (χ0v) is 19.7. The van der Waals surface area contributed by atoms with Crippen molar-refractivity contribution < 1.29 is 4.39 Å². The van der Waals surface area contributed by atoms with Crippen LogP contribution in [-0.2, 0) is 7.05 Å². The number of rotatable bonds is 5. The molecule has 1 aliphatic rings. The van der Waals surface area contributed by atoms with E-state index in [0.29, 0.717) is 5.95 Å². The van der Waals surface area contributed by atoms with Crippen molar-refractivity contribution in [1.82, 2.24) is 34.3 Å². The molecule has 1 atom stereocenters. The molecule has 4 aromatic heterocycles. The van der Waals surface area contributed by atoms with Gasteiger partial charge in [0.05, 0.1) is 12.2 Å². The van der Waals surface area contributed by atoms with Gasteiger partial charge < -0.3 is 15.5 Å². The Morgan fingerprint density at radius 3 is 2.25 bits per heavy atom. The van der Waals surface area contributed by atoms with Gasteiger partial charge >= 0.3 is 0 Å². The molecule has 1 aromatic carbocycles. The minimum absolute atomic E-state index is 0.287. The number of hydrogen-bond donors (Lipinski definition) is 1. The number of nitrogens with zero attached hydrogens (tertiary/aromatic N) is 9. The average molecular weight is 485 g/mol. The summed E-state index contributed by atoms with van der Waals surface area (Å²) in [4.78, 5) is 18.1. The van der Waals surface area contributed by atoms with Crippen LogP contribution in [0.1, 0.15) is 17.2 Å². The van der Waals surface area contributed by atoms with Crippen molar-refractivity contribution in [3.8, 4) is 11.1 Å². The van der Waals surface area contributed by atoms with Crippen LogP contribution in [0.5, 0.6) is 0 Å². The van der Waals surface area contributed by atoms with Gasteiger partial charge in [0.15, 0.2) is 5.82 Å². The van der Waals surface area contributed by atoms with Crippen LogP contribution in [0.25, 0.3) is 16.6 Å². The number of aryl methyl sites for hydroxylation is 1. The van der Waals surface area contributed by atoms with E-state index >= 15 is 0 Å². The zero-order chi connectivity index (χ0) is 24.6. The van der Waals surface area contributed by atoms with Gasteiger partial charge in [-0.25, -0.2) is 23.9 Å². The van der Waals surface area contributed by atoms with Crippen LogP contribution in [0.2, 0.25) is 0 Å². The van der Waals surface area contributed by atoms with Crippen LogP contribution in [0.3, 0.4) is 0 Å². The number of halogens is 1. The van der Waals surface area contributed by atoms with E-state index in [4.69, 9.17) is 5.73 Å². The molecule has 0 amide bonds. The Bertz CT molecular complexity index is 1480. The molecule has 36 heavy (non-hydrogen) atoms. The minimum Gasteiger partial charge on any atom is -0.351 e. The van der Waals surface area contributed by atoms with Crippen LogP contribution in [0.4, 0.5) is 16.2 Å². The molecule has 6 rings (SSSR count). The fraction of sp³-hybridized carbons (Fsp3) is 0.240. The van der Waals surface area contributed by atoms with Crippen molar-refractivity contribution in [2.24, 2.45) is 12.8 Å². The summed E-state index contributed by atoms with van der Waals surface area (Å²) >= 11 is 0. The Balaban J connectivity index is 1.15. The Labute approximate surface area is 206 Å². The molecule has 5 aromatic rings. The fourth-order valence-corrected chi connectivity index (χ4v) is 4.52. The number of hydrogen-bond acceptors (Lipinski definition) is 8. The van der Waals surface area contributed by atoms with Crippen molar-refractivity contribution in [3.63, 3.8) is 0 Å². The summed E-state index contributed by atoms with van der Waals surface area (Å²) in [7, 11) is 1.90. The Morgan fingerprint density at radius 2 is 1.56 bits per heavy atom. The normalized spacial score (nSPS) is 15.0. The molecule has 0 saturated carbocycles. The van der Waals surface area contributed by atoms with E-state index in [1.165, 1.54) is 12.1 Å². The molecule has 0 bridgehead atoms. The Hall–Kier alpha value is -4.38. The maximum Gasteiger partial charge on any atom is 0.225 e. The number of aromatic nitrogens is 7. The first-order chi connectivity index (χ1) is 17.5. The van der Waals surface area contributed by atoms with Crippen LogP contribution in [-0.4, -0.2) is 60.5 Å². The second-order valence-corrected chi connectivity index (χ2v) is 8.86. The highest BCUT2D eigenvalue weighted by Gasteiger charge is 2.23. The molecule has 0 aliphatic carbocycles. The zero-order valence-electron chi connectivity index (χ0n) is 19.7. The third-order valence-corrected chi connectivity index (χ3v) is 6.53. The molecule has 5 heterocycles. The van der Waals surface area contributed by atoms with Gasteiger partial charge in [-0.1, -0.05) is 12.1 Å². The smallest absolute Gasteiger partial charge is 0.225 e. The highest BCUT2D eigenvalue weighted by molar-refractivity contribution is 5.77. The third kappa shape index (κ3) is 4.13. The quantitative estimate of drug-likeness (QED) is 0.406. The number of fused-ring (bicyclic) bond motifs is 1. The summed E-state index contributed by atoms with van der Waals surface area (Å²) in [5, 5.41) is 8.66. The van der Waals surface area contributed by atoms with E-state index in [1.807, 2.05) is 30.2 Å². The van der Waals surface area contributed by atoms with Crippen LogP contribution in [0.15, 0.2) is 67.6 Å². The van der Waals surface area contributed by atoms with Crippen molar-refractivity contribution in [1.29, 1.82) is 0 Å². The largest absolute Gasteiger partial charge is 0.351 e. The lowest BCUT2D eigenvalue weighted by Gasteiger charge is -2.35. The standard InChI is InChI=1S/C25H25FN10/c1-33-14-20(13-31-33)18-10-22-24(30-16-32-36(22)15-18)34-6-8-35(9-7-34)25-28-11-19(12-29-25)23(27)17-2-4-21(26)5-3-17/h2-5,10-16,23H,6-9,27H2,1H3. The lowest BCUT2D eigenvalue weighted by molar-refractivity contribution is 0.626. The molecule has 1 unspecified atom stereocenters. The number of anilines is 2. The number of nitrogens with two attached hydrogens (primary N) is 1. The predicted octanol–water partition coefficient (Wildman–Crippen LogP) is 2.43. The van der Waals surface area contributed by atoms with Gasteiger partial charge in [0.1, 0.15) is 17.7 Å². The first kappa shape index (κ1) is 22.1. The molecule has 1 fully saturated rings. The van der Waals surface area contributed by atoms with Gasteiger partial charge in [-0.15, -0.1) is 0 Å². The number of benzene rings is 1. The molecule has 1 saturated heterocycles. The van der Waals surface area contributed by atoms with Gasteiger partial charge in [0, 0.05) is 74.7 Å². The van der Waals surface area contributed by atoms with Crippen LogP contribution >= 0.6 is 0 Å². The first-order valence-electron chi connectivity index (χ1n) is 11.7. The second kappa shape index (κ2) is 9.00.